The molecule has 0 spiro atoms. The number of pyridine rings is 1. The topological polar surface area (TPSA) is 89.1 Å². The number of nitrogens with one attached hydrogen (secondary N) is 1. The van der Waals surface area contributed by atoms with Gasteiger partial charge in [0.2, 0.25) is 5.95 Å². The van der Waals surface area contributed by atoms with Crippen LogP contribution in [0.1, 0.15) is 43.7 Å². The molecule has 7 nitrogen and oxygen atoms in total. The van der Waals surface area contributed by atoms with Gasteiger partial charge in [-0.05, 0) is 49.9 Å². The highest BCUT2D eigenvalue weighted by atomic mass is 35.5. The first kappa shape index (κ1) is 20.3. The smallest absolute Gasteiger partial charge is 0.252 e. The van der Waals surface area contributed by atoms with E-state index in [0.717, 1.165) is 67.5 Å². The van der Waals surface area contributed by atoms with Crippen molar-refractivity contribution in [2.75, 3.05) is 23.3 Å². The fraction of sp³-hybridized carbons (Fsp3) is 0.435. The normalized spacial score (nSPS) is 19.5. The lowest BCUT2D eigenvalue weighted by molar-refractivity contribution is 0.515. The monoisotopic (exact) mass is 438 g/mol. The lowest BCUT2D eigenvalue weighted by atomic mass is 10.1. The van der Waals surface area contributed by atoms with E-state index in [1.165, 1.54) is 0 Å². The van der Waals surface area contributed by atoms with Gasteiger partial charge in [0.05, 0.1) is 10.7 Å². The number of rotatable bonds is 4. The van der Waals surface area contributed by atoms with E-state index in [-0.39, 0.29) is 17.6 Å². The molecule has 162 valence electrons. The molecule has 0 bridgehead atoms. The van der Waals surface area contributed by atoms with Gasteiger partial charge in [0.25, 0.3) is 5.56 Å². The number of anilines is 3. The Labute approximate surface area is 186 Å². The third kappa shape index (κ3) is 3.88. The van der Waals surface area contributed by atoms with E-state index >= 15 is 0 Å². The van der Waals surface area contributed by atoms with Crippen LogP contribution in [-0.4, -0.2) is 33.7 Å². The van der Waals surface area contributed by atoms with Crippen LogP contribution in [-0.2, 0) is 0 Å². The summed E-state index contributed by atoms with van der Waals surface area (Å²) in [6, 6.07) is 7.95. The van der Waals surface area contributed by atoms with Crippen molar-refractivity contribution in [3.63, 3.8) is 0 Å². The van der Waals surface area contributed by atoms with Crippen LogP contribution in [0, 0.1) is 6.92 Å². The molecule has 1 saturated carbocycles. The summed E-state index contributed by atoms with van der Waals surface area (Å²) < 4.78 is 1.86. The number of nitrogens with two attached hydrogens (primary N) is 1. The zero-order valence-corrected chi connectivity index (χ0v) is 18.4. The minimum absolute atomic E-state index is 0.0118. The molecular formula is C23H27ClN6O. The number of benzene rings is 1. The molecule has 3 heterocycles. The van der Waals surface area contributed by atoms with Crippen LogP contribution >= 0.6 is 11.6 Å². The van der Waals surface area contributed by atoms with Crippen molar-refractivity contribution in [3.8, 4) is 0 Å². The first-order valence-corrected chi connectivity index (χ1v) is 11.3. The van der Waals surface area contributed by atoms with E-state index in [1.54, 1.807) is 12.3 Å². The van der Waals surface area contributed by atoms with E-state index in [9.17, 15) is 4.79 Å². The molecule has 1 aliphatic carbocycles. The number of hydrogen-bond donors (Lipinski definition) is 2. The quantitative estimate of drug-likeness (QED) is 0.636. The van der Waals surface area contributed by atoms with Crippen molar-refractivity contribution in [2.45, 2.75) is 51.1 Å². The Balaban J connectivity index is 1.47. The molecular weight excluding hydrogens is 412 g/mol. The number of aromatic nitrogens is 3. The van der Waals surface area contributed by atoms with Crippen molar-refractivity contribution < 1.29 is 0 Å². The lowest BCUT2D eigenvalue weighted by Gasteiger charge is -2.20. The van der Waals surface area contributed by atoms with E-state index < -0.39 is 0 Å². The molecule has 2 aromatic heterocycles. The Kier molecular flexibility index (Phi) is 5.32. The van der Waals surface area contributed by atoms with Crippen molar-refractivity contribution in [2.24, 2.45) is 5.73 Å². The molecule has 2 fully saturated rings. The Morgan fingerprint density at radius 2 is 2.00 bits per heavy atom. The molecule has 1 saturated heterocycles. The third-order valence-corrected chi connectivity index (χ3v) is 6.76. The zero-order valence-electron chi connectivity index (χ0n) is 17.6. The van der Waals surface area contributed by atoms with Crippen LogP contribution in [0.25, 0.3) is 11.0 Å². The summed E-state index contributed by atoms with van der Waals surface area (Å²) in [5, 5.41) is 4.83. The van der Waals surface area contributed by atoms with Crippen molar-refractivity contribution in [1.29, 1.82) is 0 Å². The second kappa shape index (κ2) is 8.13. The predicted molar refractivity (Wildman–Crippen MR) is 126 cm³/mol. The minimum atomic E-state index is 0.0118. The summed E-state index contributed by atoms with van der Waals surface area (Å²) >= 11 is 6.56. The van der Waals surface area contributed by atoms with Gasteiger partial charge in [-0.2, -0.15) is 4.98 Å². The van der Waals surface area contributed by atoms with Gasteiger partial charge in [0.15, 0.2) is 0 Å². The molecule has 1 atom stereocenters. The second-order valence-corrected chi connectivity index (χ2v) is 9.10. The largest absolute Gasteiger partial charge is 0.369 e. The van der Waals surface area contributed by atoms with Crippen molar-refractivity contribution in [1.82, 2.24) is 14.5 Å². The molecule has 3 N–H and O–H groups in total. The molecule has 1 aromatic carbocycles. The third-order valence-electron chi connectivity index (χ3n) is 6.46. The fourth-order valence-electron chi connectivity index (χ4n) is 4.82. The van der Waals surface area contributed by atoms with Crippen molar-refractivity contribution >= 4 is 40.0 Å². The minimum Gasteiger partial charge on any atom is -0.369 e. The van der Waals surface area contributed by atoms with Gasteiger partial charge in [-0.1, -0.05) is 24.4 Å². The molecule has 8 heteroatoms. The lowest BCUT2D eigenvalue weighted by Crippen LogP contribution is -2.26. The number of halogens is 1. The summed E-state index contributed by atoms with van der Waals surface area (Å²) in [5.41, 5.74) is 9.44. The van der Waals surface area contributed by atoms with E-state index in [2.05, 4.69) is 15.2 Å². The molecule has 2 aliphatic rings. The second-order valence-electron chi connectivity index (χ2n) is 8.69. The van der Waals surface area contributed by atoms with Crippen LogP contribution in [0.2, 0.25) is 5.02 Å². The van der Waals surface area contributed by atoms with E-state index in [0.29, 0.717) is 16.6 Å². The predicted octanol–water partition coefficient (Wildman–Crippen LogP) is 4.15. The highest BCUT2D eigenvalue weighted by Gasteiger charge is 2.23. The maximum Gasteiger partial charge on any atom is 0.252 e. The molecule has 1 unspecified atom stereocenters. The summed E-state index contributed by atoms with van der Waals surface area (Å²) in [7, 11) is 0. The van der Waals surface area contributed by atoms with Gasteiger partial charge in [0.1, 0.15) is 5.65 Å². The van der Waals surface area contributed by atoms with Crippen LogP contribution in [0.15, 0.2) is 35.3 Å². The summed E-state index contributed by atoms with van der Waals surface area (Å²) in [6.07, 6.45) is 7.10. The molecule has 0 amide bonds. The summed E-state index contributed by atoms with van der Waals surface area (Å²) in [5.74, 6) is 0.455. The summed E-state index contributed by atoms with van der Waals surface area (Å²) in [6.45, 7) is 3.67. The SMILES string of the molecule is Cc1cc(=O)n(C2CCCC2)c2nc(Nc3ccc(N4CCC(N)C4)c(Cl)c3)ncc12. The van der Waals surface area contributed by atoms with Crippen molar-refractivity contribution in [3.05, 3.63) is 51.4 Å². The first-order valence-electron chi connectivity index (χ1n) is 11.0. The van der Waals surface area contributed by atoms with Gasteiger partial charge >= 0.3 is 0 Å². The number of hydrogen-bond acceptors (Lipinski definition) is 6. The molecule has 31 heavy (non-hydrogen) atoms. The zero-order chi connectivity index (χ0) is 21.5. The maximum atomic E-state index is 12.8. The standard InChI is InChI=1S/C23H27ClN6O/c1-14-10-21(31)30(17-4-2-3-5-17)22-18(14)12-26-23(28-22)27-16-6-7-20(19(24)11-16)29-9-8-15(25)13-29/h6-7,10-12,15,17H,2-5,8-9,13,25H2,1H3,(H,26,27,28). The molecule has 3 aromatic rings. The van der Waals surface area contributed by atoms with Gasteiger partial charge in [-0.3, -0.25) is 9.36 Å². The highest BCUT2D eigenvalue weighted by Crippen LogP contribution is 2.33. The average molecular weight is 439 g/mol. The van der Waals surface area contributed by atoms with E-state index in [1.807, 2.05) is 29.7 Å². The first-order chi connectivity index (χ1) is 15.0. The van der Waals surface area contributed by atoms with Crippen LogP contribution in [0.5, 0.6) is 0 Å². The number of nitrogens with zero attached hydrogens (tertiary/aromatic N) is 4. The Morgan fingerprint density at radius 1 is 1.19 bits per heavy atom. The molecule has 0 radical (unpaired) electrons. The van der Waals surface area contributed by atoms with Crippen LogP contribution in [0.3, 0.4) is 0 Å². The maximum absolute atomic E-state index is 12.8. The summed E-state index contributed by atoms with van der Waals surface area (Å²) in [4.78, 5) is 24.2. The van der Waals surface area contributed by atoms with Gasteiger partial charge in [-0.25, -0.2) is 4.98 Å². The number of fused-ring (bicyclic) bond motifs is 1. The van der Waals surface area contributed by atoms with Crippen LogP contribution in [0.4, 0.5) is 17.3 Å². The molecule has 1 aliphatic heterocycles. The van der Waals surface area contributed by atoms with Crippen LogP contribution < -0.4 is 21.5 Å². The Hall–Kier alpha value is -2.64. The van der Waals surface area contributed by atoms with Gasteiger partial charge in [-0.15, -0.1) is 0 Å². The van der Waals surface area contributed by atoms with Gasteiger partial charge in [0, 0.05) is 48.5 Å². The fourth-order valence-corrected chi connectivity index (χ4v) is 5.12. The molecule has 5 rings (SSSR count). The highest BCUT2D eigenvalue weighted by molar-refractivity contribution is 6.33. The average Bonchev–Trinajstić information content (AvgIpc) is 3.40. The Bertz CT molecular complexity index is 1190. The van der Waals surface area contributed by atoms with E-state index in [4.69, 9.17) is 22.3 Å². The van der Waals surface area contributed by atoms with Gasteiger partial charge < -0.3 is 16.0 Å². The number of aryl methyl sites for hydroxylation is 1. The Morgan fingerprint density at radius 3 is 2.71 bits per heavy atom.